The highest BCUT2D eigenvalue weighted by molar-refractivity contribution is 7.91. The number of hydrogen-bond acceptors (Lipinski definition) is 3. The van der Waals surface area contributed by atoms with Gasteiger partial charge in [0.05, 0.1) is 0 Å². The lowest BCUT2D eigenvalue weighted by atomic mass is 10.3. The van der Waals surface area contributed by atoms with Gasteiger partial charge in [-0.1, -0.05) is 18.2 Å². The Kier molecular flexibility index (Phi) is 4.02. The van der Waals surface area contributed by atoms with Crippen molar-refractivity contribution in [2.75, 3.05) is 0 Å². The maximum Gasteiger partial charge on any atom is 0.308 e. The van der Waals surface area contributed by atoms with E-state index in [0.717, 1.165) is 4.90 Å². The van der Waals surface area contributed by atoms with Crippen molar-refractivity contribution in [1.29, 1.82) is 0 Å². The van der Waals surface area contributed by atoms with Gasteiger partial charge in [-0.05, 0) is 36.4 Å². The maximum absolute atomic E-state index is 12.2. The van der Waals surface area contributed by atoms with E-state index in [1.165, 1.54) is 6.92 Å². The summed E-state index contributed by atoms with van der Waals surface area (Å²) in [5.74, 6) is 0.0863. The molecule has 2 rings (SSSR count). The van der Waals surface area contributed by atoms with Crippen LogP contribution in [0.1, 0.15) is 6.92 Å². The Morgan fingerprint density at radius 3 is 2.11 bits per heavy atom. The van der Waals surface area contributed by atoms with Crippen LogP contribution in [0.3, 0.4) is 0 Å². The summed E-state index contributed by atoms with van der Waals surface area (Å²) in [5.41, 5.74) is 0. The van der Waals surface area contributed by atoms with Crippen molar-refractivity contribution >= 4 is 17.1 Å². The fraction of sp³-hybridized carbons (Fsp3) is 0.0714. The van der Waals surface area contributed by atoms with Crippen molar-refractivity contribution in [2.24, 2.45) is 0 Å². The van der Waals surface area contributed by atoms with E-state index in [2.05, 4.69) is 0 Å². The Morgan fingerprint density at radius 2 is 1.56 bits per heavy atom. The molecule has 0 spiro atoms. The molecule has 0 aliphatic carbocycles. The number of carbonyl (C=O) groups excluding carboxylic acids is 1. The van der Waals surface area contributed by atoms with E-state index in [0.29, 0.717) is 10.6 Å². The first-order chi connectivity index (χ1) is 8.66. The van der Waals surface area contributed by atoms with Crippen LogP contribution in [-0.2, 0) is 16.0 Å². The molecule has 4 heteroatoms. The fourth-order valence-corrected chi connectivity index (χ4v) is 2.54. The molecule has 0 aliphatic rings. The molecule has 0 saturated carbocycles. The lowest BCUT2D eigenvalue weighted by Gasteiger charge is -2.09. The Labute approximate surface area is 109 Å². The summed E-state index contributed by atoms with van der Waals surface area (Å²) < 4.78 is 17.1. The minimum absolute atomic E-state index is 0.369. The third-order valence-electron chi connectivity index (χ3n) is 2.26. The molecule has 0 amide bonds. The molecule has 3 nitrogen and oxygen atoms in total. The molecule has 2 aromatic carbocycles. The van der Waals surface area contributed by atoms with Crippen molar-refractivity contribution < 1.29 is 14.1 Å². The molecule has 0 heterocycles. The molecule has 1 atom stereocenters. The molecular weight excluding hydrogens is 248 g/mol. The van der Waals surface area contributed by atoms with Crippen LogP contribution in [0.25, 0.3) is 0 Å². The van der Waals surface area contributed by atoms with Crippen LogP contribution in [0, 0.1) is 0 Å². The Morgan fingerprint density at radius 1 is 1.00 bits per heavy atom. The highest BCUT2D eigenvalue weighted by Crippen LogP contribution is 2.22. The Hall–Kier alpha value is -1.78. The third kappa shape index (κ3) is 3.12. The third-order valence-corrected chi connectivity index (χ3v) is 3.66. The average Bonchev–Trinajstić information content (AvgIpc) is 2.39. The highest BCUT2D eigenvalue weighted by atomic mass is 32.2. The molecule has 0 N–H and O–H groups in total. The van der Waals surface area contributed by atoms with Gasteiger partial charge in [0.1, 0.15) is 5.75 Å². The van der Waals surface area contributed by atoms with Crippen LogP contribution < -0.4 is 4.74 Å². The highest BCUT2D eigenvalue weighted by Gasteiger charge is 2.14. The van der Waals surface area contributed by atoms with Gasteiger partial charge in [0, 0.05) is 18.1 Å². The quantitative estimate of drug-likeness (QED) is 0.484. The van der Waals surface area contributed by atoms with E-state index in [4.69, 9.17) is 4.74 Å². The molecule has 0 radical (unpaired) electrons. The second-order valence-corrected chi connectivity index (χ2v) is 5.13. The number of rotatable bonds is 3. The summed E-state index contributed by atoms with van der Waals surface area (Å²) in [4.78, 5) is 12.2. The molecule has 2 aromatic rings. The Bertz CT molecular complexity index is 522. The summed E-state index contributed by atoms with van der Waals surface area (Å²) in [5, 5.41) is 0. The zero-order chi connectivity index (χ0) is 13.0. The second-order valence-electron chi connectivity index (χ2n) is 3.65. The zero-order valence-electron chi connectivity index (χ0n) is 9.83. The van der Waals surface area contributed by atoms with Gasteiger partial charge in [-0.3, -0.25) is 4.79 Å². The smallest absolute Gasteiger partial charge is 0.308 e. The van der Waals surface area contributed by atoms with E-state index >= 15 is 0 Å². The number of ether oxygens (including phenoxy) is 1. The van der Waals surface area contributed by atoms with Crippen LogP contribution in [0.15, 0.2) is 64.4 Å². The predicted octanol–water partition coefficient (Wildman–Crippen LogP) is 2.78. The summed E-state index contributed by atoms with van der Waals surface area (Å²) in [6.07, 6.45) is 0. The van der Waals surface area contributed by atoms with Crippen LogP contribution in [0.5, 0.6) is 5.75 Å². The molecule has 0 fully saturated rings. The summed E-state index contributed by atoms with van der Waals surface area (Å²) in [7, 11) is 0. The van der Waals surface area contributed by atoms with Gasteiger partial charge in [-0.15, -0.1) is 0 Å². The van der Waals surface area contributed by atoms with Gasteiger partial charge >= 0.3 is 5.97 Å². The van der Waals surface area contributed by atoms with Gasteiger partial charge in [0.2, 0.25) is 0 Å². The minimum Gasteiger partial charge on any atom is -0.606 e. The molecule has 0 aliphatic heterocycles. The normalized spacial score (nSPS) is 11.9. The second kappa shape index (κ2) is 5.71. The SMILES string of the molecule is CC(=O)Oc1ccc([S+]([O-])c2ccccc2)cc1. The first kappa shape index (κ1) is 12.7. The molecular formula is C14H12O3S. The van der Waals surface area contributed by atoms with Crippen molar-refractivity contribution in [3.63, 3.8) is 0 Å². The number of benzene rings is 2. The number of carbonyl (C=O) groups is 1. The van der Waals surface area contributed by atoms with Crippen LogP contribution >= 0.6 is 0 Å². The minimum atomic E-state index is -1.21. The van der Waals surface area contributed by atoms with Crippen LogP contribution in [0.2, 0.25) is 0 Å². The summed E-state index contributed by atoms with van der Waals surface area (Å²) in [6, 6.07) is 15.9. The molecule has 0 aromatic heterocycles. The molecule has 18 heavy (non-hydrogen) atoms. The Balaban J connectivity index is 2.17. The van der Waals surface area contributed by atoms with Gasteiger partial charge in [-0.2, -0.15) is 0 Å². The lowest BCUT2D eigenvalue weighted by Crippen LogP contribution is -2.03. The van der Waals surface area contributed by atoms with Crippen molar-refractivity contribution in [1.82, 2.24) is 0 Å². The molecule has 92 valence electrons. The van der Waals surface area contributed by atoms with Gasteiger partial charge in [0.25, 0.3) is 0 Å². The van der Waals surface area contributed by atoms with E-state index < -0.39 is 11.2 Å². The summed E-state index contributed by atoms with van der Waals surface area (Å²) >= 11 is -1.21. The largest absolute Gasteiger partial charge is 0.606 e. The number of esters is 1. The van der Waals surface area contributed by atoms with Crippen molar-refractivity contribution in [3.05, 3.63) is 54.6 Å². The number of hydrogen-bond donors (Lipinski definition) is 0. The van der Waals surface area contributed by atoms with Crippen molar-refractivity contribution in [2.45, 2.75) is 16.7 Å². The van der Waals surface area contributed by atoms with Crippen LogP contribution in [-0.4, -0.2) is 10.5 Å². The molecule has 1 unspecified atom stereocenters. The summed E-state index contributed by atoms with van der Waals surface area (Å²) in [6.45, 7) is 1.34. The predicted molar refractivity (Wildman–Crippen MR) is 68.9 cm³/mol. The standard InChI is InChI=1S/C14H12O3S/c1-11(15)17-12-7-9-14(10-8-12)18(16)13-5-3-2-4-6-13/h2-10H,1H3. The topological polar surface area (TPSA) is 49.4 Å². The molecule has 0 bridgehead atoms. The van der Waals surface area contributed by atoms with E-state index in [-0.39, 0.29) is 5.97 Å². The first-order valence-corrected chi connectivity index (χ1v) is 6.57. The van der Waals surface area contributed by atoms with Gasteiger partial charge in [-0.25, -0.2) is 0 Å². The maximum atomic E-state index is 12.2. The zero-order valence-corrected chi connectivity index (χ0v) is 10.6. The first-order valence-electron chi connectivity index (χ1n) is 5.42. The monoisotopic (exact) mass is 260 g/mol. The van der Waals surface area contributed by atoms with Gasteiger partial charge in [0.15, 0.2) is 9.79 Å². The van der Waals surface area contributed by atoms with E-state index in [1.807, 2.05) is 30.3 Å². The average molecular weight is 260 g/mol. The van der Waals surface area contributed by atoms with E-state index in [9.17, 15) is 9.35 Å². The fourth-order valence-electron chi connectivity index (χ4n) is 1.48. The van der Waals surface area contributed by atoms with Crippen molar-refractivity contribution in [3.8, 4) is 5.75 Å². The lowest BCUT2D eigenvalue weighted by molar-refractivity contribution is -0.131. The van der Waals surface area contributed by atoms with E-state index in [1.54, 1.807) is 24.3 Å². The molecule has 0 saturated heterocycles. The van der Waals surface area contributed by atoms with Crippen LogP contribution in [0.4, 0.5) is 0 Å². The van der Waals surface area contributed by atoms with Gasteiger partial charge < -0.3 is 9.29 Å².